The number of ether oxygens (including phenoxy) is 1. The highest BCUT2D eigenvalue weighted by atomic mass is 32.2. The van der Waals surface area contributed by atoms with Crippen LogP contribution in [0.15, 0.2) is 24.3 Å². The van der Waals surface area contributed by atoms with E-state index < -0.39 is 22.7 Å². The lowest BCUT2D eigenvalue weighted by molar-refractivity contribution is -0.143. The van der Waals surface area contributed by atoms with Gasteiger partial charge in [-0.05, 0) is 24.6 Å². The summed E-state index contributed by atoms with van der Waals surface area (Å²) in [6.07, 6.45) is 0. The van der Waals surface area contributed by atoms with Crippen LogP contribution in [-0.4, -0.2) is 31.8 Å². The van der Waals surface area contributed by atoms with Crippen molar-refractivity contribution in [2.45, 2.75) is 13.5 Å². The third-order valence-electron chi connectivity index (χ3n) is 2.31. The van der Waals surface area contributed by atoms with Gasteiger partial charge >= 0.3 is 5.97 Å². The Morgan fingerprint density at radius 2 is 1.89 bits per heavy atom. The van der Waals surface area contributed by atoms with Gasteiger partial charge in [-0.2, -0.15) is 12.7 Å². The van der Waals surface area contributed by atoms with E-state index in [0.717, 1.165) is 4.31 Å². The van der Waals surface area contributed by atoms with Gasteiger partial charge in [0.2, 0.25) is 0 Å². The van der Waals surface area contributed by atoms with Crippen molar-refractivity contribution in [3.05, 3.63) is 29.8 Å². The first kappa shape index (κ1) is 15.4. The third kappa shape index (κ3) is 5.25. The number of carbonyl (C=O) groups excluding carboxylic acids is 1. The van der Waals surface area contributed by atoms with Gasteiger partial charge in [-0.1, -0.05) is 12.1 Å². The molecule has 1 aromatic rings. The quantitative estimate of drug-likeness (QED) is 0.557. The Hall–Kier alpha value is -1.64. The summed E-state index contributed by atoms with van der Waals surface area (Å²) in [7, 11) is -3.99. The Morgan fingerprint density at radius 1 is 1.32 bits per heavy atom. The number of anilines is 1. The van der Waals surface area contributed by atoms with Gasteiger partial charge in [0.25, 0.3) is 10.2 Å². The average Bonchev–Trinajstić information content (AvgIpc) is 2.30. The SMILES string of the molecule is CCOC(=O)CN(Cc1ccc(N)cc1)S(N)(=O)=O. The summed E-state index contributed by atoms with van der Waals surface area (Å²) in [5, 5.41) is 5.07. The molecule has 0 bridgehead atoms. The predicted molar refractivity (Wildman–Crippen MR) is 71.0 cm³/mol. The van der Waals surface area contributed by atoms with Crippen molar-refractivity contribution in [1.82, 2.24) is 4.31 Å². The number of rotatable bonds is 6. The van der Waals surface area contributed by atoms with Gasteiger partial charge in [0, 0.05) is 12.2 Å². The van der Waals surface area contributed by atoms with Crippen molar-refractivity contribution in [2.24, 2.45) is 5.14 Å². The second kappa shape index (κ2) is 6.50. The Labute approximate surface area is 112 Å². The fourth-order valence-electron chi connectivity index (χ4n) is 1.41. The molecule has 0 heterocycles. The van der Waals surface area contributed by atoms with Crippen molar-refractivity contribution >= 4 is 21.9 Å². The molecule has 0 aliphatic rings. The van der Waals surface area contributed by atoms with Crippen LogP contribution in [0.5, 0.6) is 0 Å². The van der Waals surface area contributed by atoms with Crippen molar-refractivity contribution in [3.8, 4) is 0 Å². The third-order valence-corrected chi connectivity index (χ3v) is 3.29. The maximum absolute atomic E-state index is 11.4. The van der Waals surface area contributed by atoms with Crippen LogP contribution in [0.25, 0.3) is 0 Å². The van der Waals surface area contributed by atoms with E-state index in [4.69, 9.17) is 15.6 Å². The first-order valence-corrected chi connectivity index (χ1v) is 7.11. The fraction of sp³-hybridized carbons (Fsp3) is 0.364. The molecule has 0 spiro atoms. The molecule has 106 valence electrons. The van der Waals surface area contributed by atoms with Crippen LogP contribution < -0.4 is 10.9 Å². The Kier molecular flexibility index (Phi) is 5.28. The molecule has 19 heavy (non-hydrogen) atoms. The Balaban J connectivity index is 2.81. The van der Waals surface area contributed by atoms with Crippen LogP contribution in [0.3, 0.4) is 0 Å². The monoisotopic (exact) mass is 287 g/mol. The van der Waals surface area contributed by atoms with Gasteiger partial charge in [-0.15, -0.1) is 0 Å². The maximum atomic E-state index is 11.4. The van der Waals surface area contributed by atoms with Gasteiger partial charge in [-0.25, -0.2) is 5.14 Å². The molecule has 0 fully saturated rings. The first-order chi connectivity index (χ1) is 8.82. The maximum Gasteiger partial charge on any atom is 0.321 e. The summed E-state index contributed by atoms with van der Waals surface area (Å²) in [6, 6.07) is 6.61. The lowest BCUT2D eigenvalue weighted by atomic mass is 10.2. The first-order valence-electron chi connectivity index (χ1n) is 5.61. The molecule has 0 saturated heterocycles. The van der Waals surface area contributed by atoms with Crippen LogP contribution in [0.4, 0.5) is 5.69 Å². The topological polar surface area (TPSA) is 116 Å². The summed E-state index contributed by atoms with van der Waals surface area (Å²) >= 11 is 0. The van der Waals surface area contributed by atoms with Gasteiger partial charge in [0.15, 0.2) is 0 Å². The number of carbonyl (C=O) groups is 1. The van der Waals surface area contributed by atoms with Crippen LogP contribution in [-0.2, 0) is 26.3 Å². The van der Waals surface area contributed by atoms with E-state index in [2.05, 4.69) is 0 Å². The van der Waals surface area contributed by atoms with Crippen molar-refractivity contribution in [3.63, 3.8) is 0 Å². The second-order valence-corrected chi connectivity index (χ2v) is 5.41. The molecule has 7 nitrogen and oxygen atoms in total. The smallest absolute Gasteiger partial charge is 0.321 e. The molecule has 0 amide bonds. The number of nitrogens with zero attached hydrogens (tertiary/aromatic N) is 1. The predicted octanol–water partition coefficient (Wildman–Crippen LogP) is -0.163. The molecule has 0 saturated carbocycles. The Bertz CT molecular complexity index is 527. The summed E-state index contributed by atoms with van der Waals surface area (Å²) < 4.78 is 28.4. The number of nitrogens with two attached hydrogens (primary N) is 2. The van der Waals surface area contributed by atoms with E-state index >= 15 is 0 Å². The molecule has 0 radical (unpaired) electrons. The van der Waals surface area contributed by atoms with E-state index in [1.807, 2.05) is 0 Å². The van der Waals surface area contributed by atoms with Crippen LogP contribution in [0.2, 0.25) is 0 Å². The van der Waals surface area contributed by atoms with Crippen molar-refractivity contribution in [1.29, 1.82) is 0 Å². The molecular formula is C11H17N3O4S. The van der Waals surface area contributed by atoms with E-state index in [0.29, 0.717) is 11.3 Å². The number of hydrogen-bond acceptors (Lipinski definition) is 5. The molecular weight excluding hydrogens is 270 g/mol. The zero-order valence-corrected chi connectivity index (χ0v) is 11.4. The molecule has 4 N–H and O–H groups in total. The molecule has 0 aliphatic carbocycles. The molecule has 1 aromatic carbocycles. The minimum absolute atomic E-state index is 0.0159. The highest BCUT2D eigenvalue weighted by molar-refractivity contribution is 7.86. The minimum Gasteiger partial charge on any atom is -0.465 e. The molecule has 0 atom stereocenters. The minimum atomic E-state index is -3.99. The number of esters is 1. The number of nitrogen functional groups attached to an aromatic ring is 1. The molecule has 0 unspecified atom stereocenters. The standard InChI is InChI=1S/C11H17N3O4S/c1-2-18-11(15)8-14(19(13,16)17)7-9-3-5-10(12)6-4-9/h3-6H,2,7-8,12H2,1H3,(H2,13,16,17). The molecule has 8 heteroatoms. The summed E-state index contributed by atoms with van der Waals surface area (Å²) in [5.41, 5.74) is 6.77. The highest BCUT2D eigenvalue weighted by Gasteiger charge is 2.21. The summed E-state index contributed by atoms with van der Waals surface area (Å²) in [6.45, 7) is 1.38. The van der Waals surface area contributed by atoms with Gasteiger partial charge in [-0.3, -0.25) is 4.79 Å². The molecule has 0 aromatic heterocycles. The zero-order chi connectivity index (χ0) is 14.5. The Morgan fingerprint density at radius 3 is 2.37 bits per heavy atom. The largest absolute Gasteiger partial charge is 0.465 e. The average molecular weight is 287 g/mol. The van der Waals surface area contributed by atoms with Gasteiger partial charge in [0.05, 0.1) is 6.61 Å². The van der Waals surface area contributed by atoms with E-state index in [-0.39, 0.29) is 13.2 Å². The van der Waals surface area contributed by atoms with E-state index in [1.165, 1.54) is 0 Å². The van der Waals surface area contributed by atoms with Gasteiger partial charge < -0.3 is 10.5 Å². The van der Waals surface area contributed by atoms with Gasteiger partial charge in [0.1, 0.15) is 6.54 Å². The van der Waals surface area contributed by atoms with E-state index in [1.54, 1.807) is 31.2 Å². The zero-order valence-electron chi connectivity index (χ0n) is 10.6. The molecule has 0 aliphatic heterocycles. The van der Waals surface area contributed by atoms with Crippen molar-refractivity contribution in [2.75, 3.05) is 18.9 Å². The molecule has 1 rings (SSSR count). The highest BCUT2D eigenvalue weighted by Crippen LogP contribution is 2.10. The lowest BCUT2D eigenvalue weighted by Gasteiger charge is -2.18. The fourth-order valence-corrected chi connectivity index (χ4v) is 2.03. The van der Waals surface area contributed by atoms with Crippen LogP contribution >= 0.6 is 0 Å². The summed E-state index contributed by atoms with van der Waals surface area (Å²) in [5.74, 6) is -0.646. The number of hydrogen-bond donors (Lipinski definition) is 2. The number of benzene rings is 1. The lowest BCUT2D eigenvalue weighted by Crippen LogP contribution is -2.40. The normalized spacial score (nSPS) is 11.5. The van der Waals surface area contributed by atoms with E-state index in [9.17, 15) is 13.2 Å². The van der Waals surface area contributed by atoms with Crippen LogP contribution in [0, 0.1) is 0 Å². The van der Waals surface area contributed by atoms with Crippen LogP contribution in [0.1, 0.15) is 12.5 Å². The second-order valence-electron chi connectivity index (χ2n) is 3.86. The van der Waals surface area contributed by atoms with Crippen molar-refractivity contribution < 1.29 is 17.9 Å². The summed E-state index contributed by atoms with van der Waals surface area (Å²) in [4.78, 5) is 11.3.